The molecule has 6 nitrogen and oxygen atoms in total. The van der Waals surface area contributed by atoms with Crippen LogP contribution in [0.4, 0.5) is 0 Å². The van der Waals surface area contributed by atoms with E-state index in [1.807, 2.05) is 31.2 Å². The Morgan fingerprint density at radius 2 is 1.92 bits per heavy atom. The molecule has 6 heteroatoms. The summed E-state index contributed by atoms with van der Waals surface area (Å²) in [5.74, 6) is 0.281. The minimum atomic E-state index is -0.828. The van der Waals surface area contributed by atoms with Crippen LogP contribution in [-0.4, -0.2) is 84.2 Å². The predicted molar refractivity (Wildman–Crippen MR) is 100 cm³/mol. The van der Waals surface area contributed by atoms with E-state index in [0.717, 1.165) is 42.7 Å². The van der Waals surface area contributed by atoms with E-state index in [1.165, 1.54) is 0 Å². The molecule has 0 saturated carbocycles. The lowest BCUT2D eigenvalue weighted by Gasteiger charge is -2.36. The second kappa shape index (κ2) is 6.68. The van der Waals surface area contributed by atoms with Gasteiger partial charge in [-0.15, -0.1) is 0 Å². The second-order valence-electron chi connectivity index (χ2n) is 7.83. The maximum atomic E-state index is 13.0. The van der Waals surface area contributed by atoms with Crippen LogP contribution in [0.1, 0.15) is 22.5 Å². The largest absolute Gasteiger partial charge is 0.451 e. The van der Waals surface area contributed by atoms with E-state index in [1.54, 1.807) is 4.90 Å². The van der Waals surface area contributed by atoms with Crippen molar-refractivity contribution in [2.75, 3.05) is 52.9 Å². The average Bonchev–Trinajstić information content (AvgIpc) is 3.18. The van der Waals surface area contributed by atoms with Crippen molar-refractivity contribution in [2.45, 2.75) is 18.9 Å². The number of likely N-dealkylation sites (tertiary alicyclic amines) is 1. The molecule has 3 heterocycles. The van der Waals surface area contributed by atoms with Crippen molar-refractivity contribution in [1.29, 1.82) is 0 Å². The standard InChI is InChI=1S/C20H27N3O3/c1-15-16-5-3-4-6-17(16)26-18(15)19(24)23-8-7-20(25,14-23)13-22-11-9-21(2)10-12-22/h3-6,25H,7-14H2,1-2H3. The van der Waals surface area contributed by atoms with E-state index >= 15 is 0 Å². The molecule has 140 valence electrons. The number of nitrogens with zero attached hydrogens (tertiary/aromatic N) is 3. The number of carbonyl (C=O) groups excluding carboxylic acids is 1. The smallest absolute Gasteiger partial charge is 0.289 e. The molecular weight excluding hydrogens is 330 g/mol. The molecule has 26 heavy (non-hydrogen) atoms. The lowest BCUT2D eigenvalue weighted by molar-refractivity contribution is 0.000296. The maximum Gasteiger partial charge on any atom is 0.289 e. The summed E-state index contributed by atoms with van der Waals surface area (Å²) in [7, 11) is 2.12. The van der Waals surface area contributed by atoms with Gasteiger partial charge in [0.2, 0.25) is 0 Å². The Bertz CT molecular complexity index is 810. The molecule has 1 aromatic heterocycles. The summed E-state index contributed by atoms with van der Waals surface area (Å²) >= 11 is 0. The van der Waals surface area contributed by atoms with Crippen molar-refractivity contribution in [3.05, 3.63) is 35.6 Å². The minimum Gasteiger partial charge on any atom is -0.451 e. The molecule has 2 fully saturated rings. The van der Waals surface area contributed by atoms with Crippen LogP contribution in [0.25, 0.3) is 11.0 Å². The second-order valence-corrected chi connectivity index (χ2v) is 7.83. The van der Waals surface area contributed by atoms with E-state index in [-0.39, 0.29) is 5.91 Å². The average molecular weight is 357 g/mol. The number of amides is 1. The molecule has 4 rings (SSSR count). The van der Waals surface area contributed by atoms with Gasteiger partial charge >= 0.3 is 0 Å². The zero-order valence-electron chi connectivity index (χ0n) is 15.6. The molecule has 0 radical (unpaired) electrons. The fourth-order valence-corrected chi connectivity index (χ4v) is 4.10. The molecule has 1 aromatic carbocycles. The molecule has 2 aromatic rings. The van der Waals surface area contributed by atoms with E-state index in [2.05, 4.69) is 16.8 Å². The zero-order chi connectivity index (χ0) is 18.3. The third-order valence-corrected chi connectivity index (χ3v) is 5.77. The lowest BCUT2D eigenvalue weighted by atomic mass is 10.0. The molecule has 0 spiro atoms. The molecular formula is C20H27N3O3. The highest BCUT2D eigenvalue weighted by molar-refractivity contribution is 5.99. The third-order valence-electron chi connectivity index (χ3n) is 5.77. The first kappa shape index (κ1) is 17.5. The van der Waals surface area contributed by atoms with Crippen LogP contribution in [-0.2, 0) is 0 Å². The van der Waals surface area contributed by atoms with Crippen LogP contribution >= 0.6 is 0 Å². The molecule has 0 bridgehead atoms. The summed E-state index contributed by atoms with van der Waals surface area (Å²) in [5.41, 5.74) is 0.784. The SMILES string of the molecule is Cc1c(C(=O)N2CCC(O)(CN3CCN(C)CC3)C2)oc2ccccc12. The number of piperazine rings is 1. The van der Waals surface area contributed by atoms with Gasteiger partial charge in [0.05, 0.1) is 12.1 Å². The Kier molecular flexibility index (Phi) is 4.50. The van der Waals surface area contributed by atoms with Gasteiger partial charge in [-0.2, -0.15) is 0 Å². The molecule has 1 atom stereocenters. The van der Waals surface area contributed by atoms with Crippen LogP contribution in [0.15, 0.2) is 28.7 Å². The highest BCUT2D eigenvalue weighted by atomic mass is 16.3. The normalized spacial score (nSPS) is 25.3. The van der Waals surface area contributed by atoms with Crippen molar-refractivity contribution in [2.24, 2.45) is 0 Å². The number of aryl methyl sites for hydroxylation is 1. The Balaban J connectivity index is 1.45. The summed E-state index contributed by atoms with van der Waals surface area (Å²) in [5, 5.41) is 12.0. The predicted octanol–water partition coefficient (Wildman–Crippen LogP) is 1.57. The quantitative estimate of drug-likeness (QED) is 0.904. The summed E-state index contributed by atoms with van der Waals surface area (Å²) in [6.07, 6.45) is 0.615. The fraction of sp³-hybridized carbons (Fsp3) is 0.550. The number of hydrogen-bond donors (Lipinski definition) is 1. The first-order valence-electron chi connectivity index (χ1n) is 9.36. The highest BCUT2D eigenvalue weighted by Gasteiger charge is 2.41. The number of fused-ring (bicyclic) bond motifs is 1. The topological polar surface area (TPSA) is 60.2 Å². The molecule has 1 N–H and O–H groups in total. The number of para-hydroxylation sites is 1. The van der Waals surface area contributed by atoms with Crippen LogP contribution in [0.3, 0.4) is 0 Å². The number of β-amino-alcohol motifs (C(OH)–C–C–N with tert-alkyl or cyclic N) is 1. The number of hydrogen-bond acceptors (Lipinski definition) is 5. The van der Waals surface area contributed by atoms with E-state index in [0.29, 0.717) is 31.8 Å². The molecule has 2 saturated heterocycles. The molecule has 2 aliphatic rings. The van der Waals surface area contributed by atoms with Gasteiger partial charge in [0.1, 0.15) is 5.58 Å². The number of likely N-dealkylation sites (N-methyl/N-ethyl adjacent to an activating group) is 1. The summed E-state index contributed by atoms with van der Waals surface area (Å²) in [6, 6.07) is 7.71. The first-order valence-corrected chi connectivity index (χ1v) is 9.36. The van der Waals surface area contributed by atoms with Crippen molar-refractivity contribution in [1.82, 2.24) is 14.7 Å². The number of furan rings is 1. The number of benzene rings is 1. The Morgan fingerprint density at radius 3 is 2.65 bits per heavy atom. The van der Waals surface area contributed by atoms with Gasteiger partial charge in [-0.05, 0) is 26.5 Å². The summed E-state index contributed by atoms with van der Waals surface area (Å²) < 4.78 is 5.81. The Morgan fingerprint density at radius 1 is 1.19 bits per heavy atom. The lowest BCUT2D eigenvalue weighted by Crippen LogP contribution is -2.52. The monoisotopic (exact) mass is 357 g/mol. The Hall–Kier alpha value is -1.89. The van der Waals surface area contributed by atoms with Gasteiger partial charge in [0, 0.05) is 50.2 Å². The fourth-order valence-electron chi connectivity index (χ4n) is 4.10. The molecule has 1 amide bonds. The van der Waals surface area contributed by atoms with Gasteiger partial charge in [-0.3, -0.25) is 9.69 Å². The van der Waals surface area contributed by atoms with Crippen LogP contribution in [0.2, 0.25) is 0 Å². The van der Waals surface area contributed by atoms with E-state index in [9.17, 15) is 9.90 Å². The minimum absolute atomic E-state index is 0.118. The van der Waals surface area contributed by atoms with Gasteiger partial charge in [0.25, 0.3) is 5.91 Å². The van der Waals surface area contributed by atoms with Gasteiger partial charge in [-0.1, -0.05) is 18.2 Å². The number of aliphatic hydroxyl groups is 1. The van der Waals surface area contributed by atoms with E-state index < -0.39 is 5.60 Å². The van der Waals surface area contributed by atoms with Crippen LogP contribution in [0, 0.1) is 6.92 Å². The first-order chi connectivity index (χ1) is 12.5. The van der Waals surface area contributed by atoms with Gasteiger partial charge in [0.15, 0.2) is 5.76 Å². The van der Waals surface area contributed by atoms with Crippen molar-refractivity contribution in [3.63, 3.8) is 0 Å². The molecule has 0 aliphatic carbocycles. The molecule has 2 aliphatic heterocycles. The maximum absolute atomic E-state index is 13.0. The van der Waals surface area contributed by atoms with Gasteiger partial charge < -0.3 is 19.3 Å². The zero-order valence-corrected chi connectivity index (χ0v) is 15.6. The Labute approximate surface area is 154 Å². The number of carbonyl (C=O) groups is 1. The van der Waals surface area contributed by atoms with E-state index in [4.69, 9.17) is 4.42 Å². The third kappa shape index (κ3) is 3.24. The van der Waals surface area contributed by atoms with Crippen molar-refractivity contribution < 1.29 is 14.3 Å². The summed E-state index contributed by atoms with van der Waals surface area (Å²) in [4.78, 5) is 19.3. The van der Waals surface area contributed by atoms with Crippen LogP contribution in [0.5, 0.6) is 0 Å². The summed E-state index contributed by atoms with van der Waals surface area (Å²) in [6.45, 7) is 7.47. The highest BCUT2D eigenvalue weighted by Crippen LogP contribution is 2.29. The van der Waals surface area contributed by atoms with Crippen LogP contribution < -0.4 is 0 Å². The number of rotatable bonds is 3. The molecule has 1 unspecified atom stereocenters. The van der Waals surface area contributed by atoms with Crippen molar-refractivity contribution in [3.8, 4) is 0 Å². The van der Waals surface area contributed by atoms with Gasteiger partial charge in [-0.25, -0.2) is 0 Å². The van der Waals surface area contributed by atoms with Crippen molar-refractivity contribution >= 4 is 16.9 Å².